The minimum absolute atomic E-state index is 0.0226. The van der Waals surface area contributed by atoms with Crippen molar-refractivity contribution in [1.82, 2.24) is 14.3 Å². The summed E-state index contributed by atoms with van der Waals surface area (Å²) in [7, 11) is 0. The third-order valence-electron chi connectivity index (χ3n) is 4.74. The van der Waals surface area contributed by atoms with Crippen molar-refractivity contribution >= 4 is 35.2 Å². The van der Waals surface area contributed by atoms with Crippen molar-refractivity contribution in [1.29, 1.82) is 0 Å². The summed E-state index contributed by atoms with van der Waals surface area (Å²) in [4.78, 5) is 31.2. The Bertz CT molecular complexity index is 889. The highest BCUT2D eigenvalue weighted by atomic mass is 35.5. The van der Waals surface area contributed by atoms with Crippen LogP contribution in [0, 0.1) is 0 Å². The Labute approximate surface area is 165 Å². The van der Waals surface area contributed by atoms with Crippen molar-refractivity contribution in [3.05, 3.63) is 41.5 Å². The molecule has 4 heterocycles. The molecule has 4 rings (SSSR count). The summed E-state index contributed by atoms with van der Waals surface area (Å²) in [6.45, 7) is 2.50. The van der Waals surface area contributed by atoms with Gasteiger partial charge >= 0.3 is 6.09 Å². The van der Waals surface area contributed by atoms with Gasteiger partial charge in [-0.2, -0.15) is 10.2 Å². The van der Waals surface area contributed by atoms with Crippen molar-refractivity contribution in [2.24, 2.45) is 10.2 Å². The van der Waals surface area contributed by atoms with Gasteiger partial charge in [0.05, 0.1) is 29.7 Å². The molecule has 2 N–H and O–H groups in total. The minimum atomic E-state index is -0.891. The number of halogens is 1. The molecule has 11 heteroatoms. The molecule has 0 aliphatic carbocycles. The van der Waals surface area contributed by atoms with Gasteiger partial charge in [0.25, 0.3) is 0 Å². The molecule has 1 aromatic rings. The number of carbonyl (C=O) groups excluding carboxylic acids is 1. The Morgan fingerprint density at radius 1 is 1.21 bits per heavy atom. The quantitative estimate of drug-likeness (QED) is 0.741. The van der Waals surface area contributed by atoms with Gasteiger partial charge in [0.1, 0.15) is 18.1 Å². The minimum Gasteiger partial charge on any atom is -0.465 e. The van der Waals surface area contributed by atoms with Crippen LogP contribution in [0.2, 0.25) is 0 Å². The fourth-order valence-electron chi connectivity index (χ4n) is 3.33. The van der Waals surface area contributed by atoms with Crippen LogP contribution in [0.25, 0.3) is 0 Å². The number of hydrogen-bond donors (Lipinski definition) is 2. The highest BCUT2D eigenvalue weighted by molar-refractivity contribution is 6.15. The van der Waals surface area contributed by atoms with Crippen LogP contribution in [0.15, 0.2) is 51.7 Å². The Morgan fingerprint density at radius 2 is 2.00 bits per heavy atom. The van der Waals surface area contributed by atoms with Crippen molar-refractivity contribution in [2.75, 3.05) is 49.5 Å². The summed E-state index contributed by atoms with van der Waals surface area (Å²) in [5.41, 5.74) is 2.47. The smallest absolute Gasteiger partial charge is 0.407 e. The number of aromatic nitrogens is 1. The first-order valence-corrected chi connectivity index (χ1v) is 9.09. The molecule has 0 saturated carbocycles. The van der Waals surface area contributed by atoms with Crippen LogP contribution in [0.3, 0.4) is 0 Å². The molecule has 1 fully saturated rings. The van der Waals surface area contributed by atoms with Gasteiger partial charge in [-0.15, -0.1) is 0 Å². The van der Waals surface area contributed by atoms with E-state index in [-0.39, 0.29) is 12.3 Å². The van der Waals surface area contributed by atoms with E-state index in [4.69, 9.17) is 16.9 Å². The number of fused-ring (bicyclic) bond motifs is 1. The van der Waals surface area contributed by atoms with Crippen molar-refractivity contribution in [3.63, 3.8) is 0 Å². The van der Waals surface area contributed by atoms with Gasteiger partial charge in [-0.3, -0.25) is 9.21 Å². The van der Waals surface area contributed by atoms with E-state index < -0.39 is 6.09 Å². The average Bonchev–Trinajstić information content (AvgIpc) is 2.68. The molecule has 28 heavy (non-hydrogen) atoms. The second-order valence-electron chi connectivity index (χ2n) is 6.53. The Morgan fingerprint density at radius 3 is 2.68 bits per heavy atom. The third-order valence-corrected chi connectivity index (χ3v) is 4.96. The Kier molecular flexibility index (Phi) is 4.86. The molecule has 1 amide bonds. The maximum absolute atomic E-state index is 12.2. The van der Waals surface area contributed by atoms with Gasteiger partial charge in [-0.05, 0) is 12.1 Å². The van der Waals surface area contributed by atoms with Gasteiger partial charge < -0.3 is 20.2 Å². The number of carbonyl (C=O) groups is 2. The van der Waals surface area contributed by atoms with Crippen molar-refractivity contribution in [2.45, 2.75) is 0 Å². The highest BCUT2D eigenvalue weighted by Crippen LogP contribution is 2.29. The number of hydrogen-bond acceptors (Lipinski definition) is 8. The maximum Gasteiger partial charge on any atom is 0.407 e. The van der Waals surface area contributed by atoms with Gasteiger partial charge in [-0.1, -0.05) is 0 Å². The molecule has 0 bridgehead atoms. The fraction of sp³-hybridized carbons (Fsp3) is 0.353. The van der Waals surface area contributed by atoms with E-state index in [0.29, 0.717) is 55.5 Å². The molecular weight excluding hydrogens is 386 g/mol. The van der Waals surface area contributed by atoms with Crippen molar-refractivity contribution < 1.29 is 14.7 Å². The molecule has 0 atom stereocenters. The number of rotatable bonds is 3. The molecule has 146 valence electrons. The summed E-state index contributed by atoms with van der Waals surface area (Å²) in [6, 6.07) is 3.73. The predicted molar refractivity (Wildman–Crippen MR) is 102 cm³/mol. The zero-order chi connectivity index (χ0) is 19.7. The molecule has 3 aliphatic heterocycles. The number of anilines is 2. The topological polar surface area (TPSA) is 114 Å². The molecule has 3 aliphatic rings. The monoisotopic (exact) mass is 403 g/mol. The molecule has 10 nitrogen and oxygen atoms in total. The zero-order valence-corrected chi connectivity index (χ0v) is 15.6. The number of Topliss-reactive ketones (excluding diaryl/α,β-unsaturated/α-hetero) is 1. The number of allylic oxidation sites excluding steroid dienone is 1. The third kappa shape index (κ3) is 3.63. The summed E-state index contributed by atoms with van der Waals surface area (Å²) >= 11 is 6.10. The van der Waals surface area contributed by atoms with Crippen LogP contribution in [-0.4, -0.2) is 70.6 Å². The number of piperazine rings is 1. The lowest BCUT2D eigenvalue weighted by Crippen LogP contribution is -2.48. The van der Waals surface area contributed by atoms with Gasteiger partial charge in [0.15, 0.2) is 5.78 Å². The van der Waals surface area contributed by atoms with Gasteiger partial charge in [0.2, 0.25) is 0 Å². The van der Waals surface area contributed by atoms with Gasteiger partial charge in [-0.25, -0.2) is 9.78 Å². The first-order valence-electron chi connectivity index (χ1n) is 8.75. The average molecular weight is 404 g/mol. The number of nitrogens with zero attached hydrogens (tertiary/aromatic N) is 6. The molecule has 1 aromatic heterocycles. The van der Waals surface area contributed by atoms with E-state index in [1.54, 1.807) is 12.4 Å². The highest BCUT2D eigenvalue weighted by Gasteiger charge is 2.28. The second-order valence-corrected chi connectivity index (χ2v) is 6.97. The summed E-state index contributed by atoms with van der Waals surface area (Å²) in [5, 5.41) is 20.0. The maximum atomic E-state index is 12.2. The lowest BCUT2D eigenvalue weighted by molar-refractivity contribution is -0.114. The van der Waals surface area contributed by atoms with E-state index in [1.165, 1.54) is 9.32 Å². The normalized spacial score (nSPS) is 19.5. The number of carboxylic acid groups (broad SMARTS) is 1. The van der Waals surface area contributed by atoms with Crippen LogP contribution in [-0.2, 0) is 4.79 Å². The van der Waals surface area contributed by atoms with Crippen LogP contribution in [0.1, 0.15) is 0 Å². The standard InChI is InChI=1S/C17H18ClN7O3/c18-25-9-12(16-13(10-25)22-20-8-14(16)26)21-15-2-1-11(7-19-15)23-3-5-24(6-4-23)17(27)28/h1-2,7,10H,3-6,8-9H2,(H,19,21)(H,27,28). The molecule has 0 aromatic carbocycles. The van der Waals surface area contributed by atoms with E-state index in [1.807, 2.05) is 12.1 Å². The van der Waals surface area contributed by atoms with E-state index in [9.17, 15) is 9.59 Å². The molecule has 1 saturated heterocycles. The number of azo groups is 1. The number of nitrogens with one attached hydrogen (secondary N) is 1. The number of ketones is 1. The first-order chi connectivity index (χ1) is 13.5. The molecular formula is C17H18ClN7O3. The van der Waals surface area contributed by atoms with Crippen LogP contribution >= 0.6 is 11.8 Å². The predicted octanol–water partition coefficient (Wildman–Crippen LogP) is 1.89. The SMILES string of the molecule is O=C1CN=NC2=CN(Cl)CC(Nc3ccc(N4CCN(C(=O)O)CC4)cn3)=C12. The lowest BCUT2D eigenvalue weighted by atomic mass is 10.0. The van der Waals surface area contributed by atoms with E-state index in [2.05, 4.69) is 25.4 Å². The number of amides is 1. The van der Waals surface area contributed by atoms with Crippen LogP contribution in [0.5, 0.6) is 0 Å². The largest absolute Gasteiger partial charge is 0.465 e. The zero-order valence-electron chi connectivity index (χ0n) is 14.9. The van der Waals surface area contributed by atoms with Crippen LogP contribution < -0.4 is 10.2 Å². The van der Waals surface area contributed by atoms with Gasteiger partial charge in [0, 0.05) is 44.2 Å². The van der Waals surface area contributed by atoms with Crippen LogP contribution in [0.4, 0.5) is 16.3 Å². The van der Waals surface area contributed by atoms with Crippen molar-refractivity contribution in [3.8, 4) is 0 Å². The Balaban J connectivity index is 1.48. The summed E-state index contributed by atoms with van der Waals surface area (Å²) in [5.74, 6) is 0.471. The molecule has 0 spiro atoms. The van der Waals surface area contributed by atoms with E-state index in [0.717, 1.165) is 5.69 Å². The molecule has 0 unspecified atom stereocenters. The number of pyridine rings is 1. The first kappa shape index (κ1) is 18.2. The summed E-state index contributed by atoms with van der Waals surface area (Å²) in [6.07, 6.45) is 2.42. The Hall–Kier alpha value is -3.14. The molecule has 0 radical (unpaired) electrons. The summed E-state index contributed by atoms with van der Waals surface area (Å²) < 4.78 is 1.41. The fourth-order valence-corrected chi connectivity index (χ4v) is 3.54. The second kappa shape index (κ2) is 7.47. The lowest BCUT2D eigenvalue weighted by Gasteiger charge is -2.34. The van der Waals surface area contributed by atoms with E-state index >= 15 is 0 Å².